The van der Waals surface area contributed by atoms with Gasteiger partial charge in [-0.2, -0.15) is 0 Å². The first-order valence-electron chi connectivity index (χ1n) is 3.55. The summed E-state index contributed by atoms with van der Waals surface area (Å²) in [6.07, 6.45) is 1.65. The molecule has 0 aliphatic carbocycles. The molecule has 0 bridgehead atoms. The molecule has 0 aromatic rings. The molecule has 3 heteroatoms. The van der Waals surface area contributed by atoms with E-state index in [0.29, 0.717) is 12.2 Å². The predicted molar refractivity (Wildman–Crippen MR) is 44.5 cm³/mol. The van der Waals surface area contributed by atoms with E-state index >= 15 is 0 Å². The highest BCUT2D eigenvalue weighted by molar-refractivity contribution is 9.10. The lowest BCUT2D eigenvalue weighted by atomic mass is 10.2. The Morgan fingerprint density at radius 3 is 3.00 bits per heavy atom. The Kier molecular flexibility index (Phi) is 2.86. The van der Waals surface area contributed by atoms with Gasteiger partial charge in [0.05, 0.1) is 4.83 Å². The van der Waals surface area contributed by atoms with Crippen LogP contribution in [0.5, 0.6) is 0 Å². The Hall–Kier alpha value is 0.110. The van der Waals surface area contributed by atoms with Gasteiger partial charge in [-0.15, -0.1) is 0 Å². The minimum absolute atomic E-state index is 0.109. The minimum Gasteiger partial charge on any atom is -0.306 e. The van der Waals surface area contributed by atoms with Crippen molar-refractivity contribution in [3.63, 3.8) is 0 Å². The third-order valence-corrected chi connectivity index (χ3v) is 2.82. The summed E-state index contributed by atoms with van der Waals surface area (Å²) >= 11 is 3.35. The van der Waals surface area contributed by atoms with Gasteiger partial charge < -0.3 is 4.90 Å². The lowest BCUT2D eigenvalue weighted by Crippen LogP contribution is -2.18. The summed E-state index contributed by atoms with van der Waals surface area (Å²) in [5.74, 6) is 0.351. The van der Waals surface area contributed by atoms with Crippen LogP contribution in [0.25, 0.3) is 0 Å². The molecule has 0 aromatic carbocycles. The number of hydrogen-bond donors (Lipinski definition) is 0. The topological polar surface area (TPSA) is 20.3 Å². The van der Waals surface area contributed by atoms with Crippen LogP contribution in [0.4, 0.5) is 0 Å². The number of alkyl halides is 1. The number of nitrogens with zero attached hydrogens (tertiary/aromatic N) is 1. The maximum Gasteiger partial charge on any atom is 0.147 e. The molecule has 1 saturated heterocycles. The molecule has 0 radical (unpaired) electrons. The van der Waals surface area contributed by atoms with Crippen molar-refractivity contribution < 1.29 is 4.79 Å². The lowest BCUT2D eigenvalue weighted by molar-refractivity contribution is -0.118. The van der Waals surface area contributed by atoms with E-state index in [-0.39, 0.29) is 4.83 Å². The van der Waals surface area contributed by atoms with Crippen molar-refractivity contribution in [1.82, 2.24) is 4.90 Å². The minimum atomic E-state index is 0.109. The standard InChI is InChI=1S/C7H12BrNO/c1-9-4-2-6(8)7(10)3-5-9/h6H,2-5H2,1H3. The summed E-state index contributed by atoms with van der Waals surface area (Å²) in [6.45, 7) is 1.95. The number of hydrogen-bond acceptors (Lipinski definition) is 2. The molecule has 0 spiro atoms. The Bertz CT molecular complexity index is 138. The van der Waals surface area contributed by atoms with Gasteiger partial charge in [0.15, 0.2) is 0 Å². The molecular weight excluding hydrogens is 194 g/mol. The molecule has 0 N–H and O–H groups in total. The number of halogens is 1. The molecular formula is C7H12BrNO. The van der Waals surface area contributed by atoms with E-state index in [9.17, 15) is 4.79 Å². The fourth-order valence-corrected chi connectivity index (χ4v) is 1.50. The molecule has 0 saturated carbocycles. The number of likely N-dealkylation sites (tertiary alicyclic amines) is 1. The van der Waals surface area contributed by atoms with Crippen molar-refractivity contribution in [1.29, 1.82) is 0 Å². The largest absolute Gasteiger partial charge is 0.306 e. The molecule has 58 valence electrons. The van der Waals surface area contributed by atoms with Crippen LogP contribution >= 0.6 is 15.9 Å². The van der Waals surface area contributed by atoms with Crippen LogP contribution in [-0.4, -0.2) is 35.6 Å². The summed E-state index contributed by atoms with van der Waals surface area (Å²) in [5.41, 5.74) is 0. The molecule has 2 nitrogen and oxygen atoms in total. The first kappa shape index (κ1) is 8.21. The summed E-state index contributed by atoms with van der Waals surface area (Å²) < 4.78 is 0. The Morgan fingerprint density at radius 1 is 1.60 bits per heavy atom. The van der Waals surface area contributed by atoms with Crippen LogP contribution in [0.15, 0.2) is 0 Å². The zero-order valence-electron chi connectivity index (χ0n) is 6.14. The van der Waals surface area contributed by atoms with Crippen molar-refractivity contribution in [3.05, 3.63) is 0 Å². The maximum absolute atomic E-state index is 11.1. The molecule has 1 rings (SSSR count). The van der Waals surface area contributed by atoms with E-state index in [4.69, 9.17) is 0 Å². The normalized spacial score (nSPS) is 30.2. The summed E-state index contributed by atoms with van der Waals surface area (Å²) in [4.78, 5) is 13.4. The molecule has 1 aliphatic heterocycles. The summed E-state index contributed by atoms with van der Waals surface area (Å²) in [6, 6.07) is 0. The lowest BCUT2D eigenvalue weighted by Gasteiger charge is -2.10. The van der Waals surface area contributed by atoms with Gasteiger partial charge in [-0.25, -0.2) is 0 Å². The first-order valence-corrected chi connectivity index (χ1v) is 4.47. The number of carbonyl (C=O) groups excluding carboxylic acids is 1. The third-order valence-electron chi connectivity index (χ3n) is 1.85. The van der Waals surface area contributed by atoms with Crippen LogP contribution in [0.1, 0.15) is 12.8 Å². The fraction of sp³-hybridized carbons (Fsp3) is 0.857. The van der Waals surface area contributed by atoms with Gasteiger partial charge in [0.25, 0.3) is 0 Å². The van der Waals surface area contributed by atoms with Crippen LogP contribution in [0.2, 0.25) is 0 Å². The number of rotatable bonds is 0. The second-order valence-electron chi connectivity index (χ2n) is 2.78. The van der Waals surface area contributed by atoms with Crippen LogP contribution < -0.4 is 0 Å². The van der Waals surface area contributed by atoms with E-state index < -0.39 is 0 Å². The predicted octanol–water partition coefficient (Wildman–Crippen LogP) is 1.04. The highest BCUT2D eigenvalue weighted by atomic mass is 79.9. The van der Waals surface area contributed by atoms with Gasteiger partial charge >= 0.3 is 0 Å². The van der Waals surface area contributed by atoms with E-state index in [1.165, 1.54) is 0 Å². The van der Waals surface area contributed by atoms with Crippen molar-refractivity contribution >= 4 is 21.7 Å². The zero-order valence-corrected chi connectivity index (χ0v) is 7.73. The zero-order chi connectivity index (χ0) is 7.56. The fourth-order valence-electron chi connectivity index (χ4n) is 1.06. The van der Waals surface area contributed by atoms with Gasteiger partial charge in [-0.05, 0) is 20.0 Å². The molecule has 1 aliphatic rings. The Balaban J connectivity index is 2.46. The molecule has 1 atom stereocenters. The average Bonchev–Trinajstić information content (AvgIpc) is 2.04. The second-order valence-corrected chi connectivity index (χ2v) is 3.88. The molecule has 0 aromatic heterocycles. The van der Waals surface area contributed by atoms with E-state index in [0.717, 1.165) is 19.5 Å². The molecule has 10 heavy (non-hydrogen) atoms. The highest BCUT2D eigenvalue weighted by Gasteiger charge is 2.19. The first-order chi connectivity index (χ1) is 4.70. The van der Waals surface area contributed by atoms with Crippen molar-refractivity contribution in [2.75, 3.05) is 20.1 Å². The second kappa shape index (κ2) is 3.49. The van der Waals surface area contributed by atoms with Gasteiger partial charge in [0, 0.05) is 13.0 Å². The van der Waals surface area contributed by atoms with Gasteiger partial charge in [-0.3, -0.25) is 4.79 Å². The number of ketones is 1. The number of Topliss-reactive ketones (excluding diaryl/α,β-unsaturated/α-hetero) is 1. The number of carbonyl (C=O) groups is 1. The quantitative estimate of drug-likeness (QED) is 0.552. The van der Waals surface area contributed by atoms with Gasteiger partial charge in [-0.1, -0.05) is 15.9 Å². The Labute approximate surface area is 69.7 Å². The van der Waals surface area contributed by atoms with Crippen LogP contribution in [0, 0.1) is 0 Å². The van der Waals surface area contributed by atoms with Crippen LogP contribution in [0.3, 0.4) is 0 Å². The highest BCUT2D eigenvalue weighted by Crippen LogP contribution is 2.13. The average molecular weight is 206 g/mol. The SMILES string of the molecule is CN1CCC(=O)C(Br)CC1. The Morgan fingerprint density at radius 2 is 2.30 bits per heavy atom. The van der Waals surface area contributed by atoms with Crippen molar-refractivity contribution in [2.24, 2.45) is 0 Å². The summed E-state index contributed by atoms with van der Waals surface area (Å²) in [5, 5.41) is 0. The maximum atomic E-state index is 11.1. The molecule has 1 unspecified atom stereocenters. The van der Waals surface area contributed by atoms with Gasteiger partial charge in [0.1, 0.15) is 5.78 Å². The smallest absolute Gasteiger partial charge is 0.147 e. The summed E-state index contributed by atoms with van der Waals surface area (Å²) in [7, 11) is 2.05. The van der Waals surface area contributed by atoms with Crippen molar-refractivity contribution in [3.8, 4) is 0 Å². The van der Waals surface area contributed by atoms with E-state index in [1.54, 1.807) is 0 Å². The van der Waals surface area contributed by atoms with Crippen molar-refractivity contribution in [2.45, 2.75) is 17.7 Å². The molecule has 1 heterocycles. The monoisotopic (exact) mass is 205 g/mol. The van der Waals surface area contributed by atoms with Crippen LogP contribution in [-0.2, 0) is 4.79 Å². The van der Waals surface area contributed by atoms with E-state index in [2.05, 4.69) is 27.9 Å². The van der Waals surface area contributed by atoms with E-state index in [1.807, 2.05) is 0 Å². The third kappa shape index (κ3) is 2.06. The molecule has 0 amide bonds. The van der Waals surface area contributed by atoms with Gasteiger partial charge in [0.2, 0.25) is 0 Å². The molecule has 1 fully saturated rings.